The fourth-order valence-corrected chi connectivity index (χ4v) is 1.30. The largest absolute Gasteiger partial charge is 0.573 e. The molecule has 0 aliphatic rings. The quantitative estimate of drug-likeness (QED) is 0.869. The minimum atomic E-state index is -4.80. The Hall–Kier alpha value is -1.02. The summed E-state index contributed by atoms with van der Waals surface area (Å²) in [7, 11) is 0. The molecule has 4 N–H and O–H groups in total. The number of hydrogen-bond donors (Lipinski definition) is 2. The van der Waals surface area contributed by atoms with Crippen LogP contribution in [0.15, 0.2) is 10.7 Å². The van der Waals surface area contributed by atoms with Gasteiger partial charge < -0.3 is 16.2 Å². The zero-order valence-corrected chi connectivity index (χ0v) is 8.89. The van der Waals surface area contributed by atoms with Crippen LogP contribution in [0, 0.1) is 0 Å². The van der Waals surface area contributed by atoms with E-state index in [1.165, 1.54) is 6.20 Å². The molecule has 1 aromatic heterocycles. The van der Waals surface area contributed by atoms with Crippen LogP contribution in [-0.2, 0) is 6.54 Å². The Bertz CT molecular complexity index is 369. The number of nitrogens with two attached hydrogens (primary N) is 2. The molecule has 0 fully saturated rings. The second-order valence-corrected chi connectivity index (χ2v) is 3.35. The number of alkyl halides is 3. The van der Waals surface area contributed by atoms with Crippen molar-refractivity contribution in [1.29, 1.82) is 0 Å². The summed E-state index contributed by atoms with van der Waals surface area (Å²) in [6.07, 6.45) is -3.60. The van der Waals surface area contributed by atoms with E-state index >= 15 is 0 Å². The fourth-order valence-electron chi connectivity index (χ4n) is 0.885. The summed E-state index contributed by atoms with van der Waals surface area (Å²) in [6.45, 7) is -0.176. The van der Waals surface area contributed by atoms with Gasteiger partial charge in [0.25, 0.3) is 0 Å². The van der Waals surface area contributed by atoms with Crippen LogP contribution in [0.4, 0.5) is 18.9 Å². The Morgan fingerprint density at radius 1 is 1.47 bits per heavy atom. The van der Waals surface area contributed by atoms with Crippen LogP contribution in [0.5, 0.6) is 5.75 Å². The number of nitrogens with zero attached hydrogens (tertiary/aromatic N) is 1. The number of halogens is 4. The summed E-state index contributed by atoms with van der Waals surface area (Å²) in [5.41, 5.74) is 10.6. The molecule has 15 heavy (non-hydrogen) atoms. The molecule has 0 amide bonds. The first kappa shape index (κ1) is 12.1. The zero-order valence-electron chi connectivity index (χ0n) is 7.31. The molecule has 4 nitrogen and oxygen atoms in total. The van der Waals surface area contributed by atoms with Gasteiger partial charge in [0, 0.05) is 6.54 Å². The summed E-state index contributed by atoms with van der Waals surface area (Å²) in [5.74, 6) is -0.495. The van der Waals surface area contributed by atoms with Crippen LogP contribution in [0.1, 0.15) is 5.69 Å². The molecular formula is C7H7BrF3N3O. The lowest BCUT2D eigenvalue weighted by molar-refractivity contribution is -0.275. The van der Waals surface area contributed by atoms with Crippen molar-refractivity contribution < 1.29 is 17.9 Å². The van der Waals surface area contributed by atoms with Gasteiger partial charge in [-0.3, -0.25) is 4.98 Å². The van der Waals surface area contributed by atoms with Crippen LogP contribution in [0.25, 0.3) is 0 Å². The molecule has 0 unspecified atom stereocenters. The van der Waals surface area contributed by atoms with Gasteiger partial charge in [0.15, 0.2) is 5.75 Å². The van der Waals surface area contributed by atoms with E-state index in [1.54, 1.807) is 0 Å². The van der Waals surface area contributed by atoms with Crippen LogP contribution in [0.2, 0.25) is 0 Å². The second-order valence-electron chi connectivity index (χ2n) is 2.56. The smallest absolute Gasteiger partial charge is 0.402 e. The number of pyridine rings is 1. The predicted octanol–water partition coefficient (Wildman–Crippen LogP) is 1.78. The van der Waals surface area contributed by atoms with Gasteiger partial charge in [-0.15, -0.1) is 13.2 Å². The molecule has 0 aliphatic carbocycles. The third-order valence-electron chi connectivity index (χ3n) is 1.49. The van der Waals surface area contributed by atoms with Crippen LogP contribution < -0.4 is 16.2 Å². The number of ether oxygens (including phenoxy) is 1. The van der Waals surface area contributed by atoms with E-state index in [2.05, 4.69) is 25.7 Å². The number of nitrogen functional groups attached to an aromatic ring is 1. The molecule has 84 valence electrons. The van der Waals surface area contributed by atoms with E-state index in [0.717, 1.165) is 0 Å². The number of hydrogen-bond acceptors (Lipinski definition) is 4. The molecule has 0 radical (unpaired) electrons. The lowest BCUT2D eigenvalue weighted by Gasteiger charge is -2.14. The number of aromatic nitrogens is 1. The van der Waals surface area contributed by atoms with E-state index in [9.17, 15) is 13.2 Å². The molecule has 1 heterocycles. The molecule has 0 saturated carbocycles. The minimum absolute atomic E-state index is 0.00437. The molecule has 1 aromatic rings. The highest BCUT2D eigenvalue weighted by Gasteiger charge is 2.33. The molecule has 0 bridgehead atoms. The fraction of sp³-hybridized carbons (Fsp3) is 0.286. The highest BCUT2D eigenvalue weighted by molar-refractivity contribution is 9.10. The third-order valence-corrected chi connectivity index (χ3v) is 2.30. The van der Waals surface area contributed by atoms with Crippen molar-refractivity contribution in [2.45, 2.75) is 12.9 Å². The van der Waals surface area contributed by atoms with Crippen molar-refractivity contribution in [3.63, 3.8) is 0 Å². The van der Waals surface area contributed by atoms with Gasteiger partial charge in [-0.1, -0.05) is 0 Å². The van der Waals surface area contributed by atoms with Gasteiger partial charge in [0.1, 0.15) is 0 Å². The Morgan fingerprint density at radius 3 is 2.53 bits per heavy atom. The van der Waals surface area contributed by atoms with Gasteiger partial charge in [-0.05, 0) is 15.9 Å². The highest BCUT2D eigenvalue weighted by atomic mass is 79.9. The van der Waals surface area contributed by atoms with E-state index in [4.69, 9.17) is 11.5 Å². The summed E-state index contributed by atoms with van der Waals surface area (Å²) in [4.78, 5) is 3.64. The molecule has 0 aromatic carbocycles. The summed E-state index contributed by atoms with van der Waals surface area (Å²) in [5, 5.41) is 0. The molecule has 0 atom stereocenters. The standard InChI is InChI=1S/C7H7BrF3N3O/c8-5-3(13)2-14-4(1-12)6(5)15-7(9,10)11/h2H,1,12-13H2. The summed E-state index contributed by atoms with van der Waals surface area (Å²) < 4.78 is 39.8. The van der Waals surface area contributed by atoms with Gasteiger partial charge >= 0.3 is 6.36 Å². The van der Waals surface area contributed by atoms with Crippen molar-refractivity contribution in [2.24, 2.45) is 5.73 Å². The van der Waals surface area contributed by atoms with E-state index < -0.39 is 12.1 Å². The molecule has 0 aliphatic heterocycles. The van der Waals surface area contributed by atoms with E-state index in [0.29, 0.717) is 0 Å². The van der Waals surface area contributed by atoms with Gasteiger partial charge in [0.05, 0.1) is 22.1 Å². The first-order chi connectivity index (χ1) is 6.85. The Kier molecular flexibility index (Phi) is 3.40. The third kappa shape index (κ3) is 2.96. The second kappa shape index (κ2) is 4.23. The molecule has 0 saturated heterocycles. The van der Waals surface area contributed by atoms with Crippen molar-refractivity contribution >= 4 is 21.6 Å². The highest BCUT2D eigenvalue weighted by Crippen LogP contribution is 2.36. The molecule has 0 spiro atoms. The Balaban J connectivity index is 3.18. The minimum Gasteiger partial charge on any atom is -0.402 e. The van der Waals surface area contributed by atoms with E-state index in [1.807, 2.05) is 0 Å². The normalized spacial score (nSPS) is 11.5. The summed E-state index contributed by atoms with van der Waals surface area (Å²) >= 11 is 2.88. The average molecular weight is 286 g/mol. The number of anilines is 1. The van der Waals surface area contributed by atoms with Crippen LogP contribution >= 0.6 is 15.9 Å². The van der Waals surface area contributed by atoms with Crippen molar-refractivity contribution in [1.82, 2.24) is 4.98 Å². The van der Waals surface area contributed by atoms with Gasteiger partial charge in [-0.25, -0.2) is 0 Å². The maximum atomic E-state index is 12.0. The SMILES string of the molecule is NCc1ncc(N)c(Br)c1OC(F)(F)F. The zero-order chi connectivity index (χ0) is 11.6. The Labute approximate surface area is 91.5 Å². The molecule has 8 heteroatoms. The van der Waals surface area contributed by atoms with Crippen molar-refractivity contribution in [3.05, 3.63) is 16.4 Å². The molecular weight excluding hydrogens is 279 g/mol. The van der Waals surface area contributed by atoms with Gasteiger partial charge in [-0.2, -0.15) is 0 Å². The average Bonchev–Trinajstić information content (AvgIpc) is 2.11. The van der Waals surface area contributed by atoms with Gasteiger partial charge in [0.2, 0.25) is 0 Å². The number of rotatable bonds is 2. The maximum Gasteiger partial charge on any atom is 0.573 e. The first-order valence-electron chi connectivity index (χ1n) is 3.74. The predicted molar refractivity (Wildman–Crippen MR) is 50.9 cm³/mol. The maximum absolute atomic E-state index is 12.0. The van der Waals surface area contributed by atoms with Crippen LogP contribution in [0.3, 0.4) is 0 Å². The van der Waals surface area contributed by atoms with E-state index in [-0.39, 0.29) is 22.4 Å². The van der Waals surface area contributed by atoms with Crippen molar-refractivity contribution in [2.75, 3.05) is 5.73 Å². The Morgan fingerprint density at radius 2 is 2.07 bits per heavy atom. The molecule has 1 rings (SSSR count). The topological polar surface area (TPSA) is 74.2 Å². The van der Waals surface area contributed by atoms with Crippen LogP contribution in [-0.4, -0.2) is 11.3 Å². The first-order valence-corrected chi connectivity index (χ1v) is 4.53. The lowest BCUT2D eigenvalue weighted by Crippen LogP contribution is -2.20. The lowest BCUT2D eigenvalue weighted by atomic mass is 10.3. The monoisotopic (exact) mass is 285 g/mol. The summed E-state index contributed by atoms with van der Waals surface area (Å²) in [6, 6.07) is 0. The van der Waals surface area contributed by atoms with Crippen molar-refractivity contribution in [3.8, 4) is 5.75 Å².